The van der Waals surface area contributed by atoms with E-state index in [1.54, 1.807) is 0 Å². The summed E-state index contributed by atoms with van der Waals surface area (Å²) in [4.78, 5) is 0. The molecular formula is C6H11NO. The number of rotatable bonds is 0. The lowest BCUT2D eigenvalue weighted by Crippen LogP contribution is -2.19. The van der Waals surface area contributed by atoms with Gasteiger partial charge in [0, 0.05) is 12.6 Å². The Morgan fingerprint density at radius 2 is 2.50 bits per heavy atom. The van der Waals surface area contributed by atoms with Crippen LogP contribution < -0.4 is 5.32 Å². The number of nitrogens with one attached hydrogen (secondary N) is 1. The molecule has 0 amide bonds. The molecule has 0 aromatic carbocycles. The molecule has 2 heteroatoms. The standard InChI is InChI=1S/C6H11NO/c1-2-8-4-5-3-6(5)7-1/h5-7H,1-4H2. The van der Waals surface area contributed by atoms with E-state index in [0.29, 0.717) is 0 Å². The van der Waals surface area contributed by atoms with Gasteiger partial charge in [-0.2, -0.15) is 0 Å². The van der Waals surface area contributed by atoms with Gasteiger partial charge < -0.3 is 10.1 Å². The highest BCUT2D eigenvalue weighted by Gasteiger charge is 2.37. The van der Waals surface area contributed by atoms with Crippen molar-refractivity contribution in [2.24, 2.45) is 5.92 Å². The molecule has 2 fully saturated rings. The summed E-state index contributed by atoms with van der Waals surface area (Å²) in [5.74, 6) is 0.859. The average molecular weight is 113 g/mol. The number of fused-ring (bicyclic) bond motifs is 1. The highest BCUT2D eigenvalue weighted by atomic mass is 16.5. The lowest BCUT2D eigenvalue weighted by molar-refractivity contribution is 0.138. The minimum atomic E-state index is 0.817. The molecule has 0 bridgehead atoms. The molecule has 46 valence electrons. The summed E-state index contributed by atoms with van der Waals surface area (Å²) >= 11 is 0. The topological polar surface area (TPSA) is 21.3 Å². The van der Waals surface area contributed by atoms with Crippen molar-refractivity contribution in [2.45, 2.75) is 12.5 Å². The molecule has 8 heavy (non-hydrogen) atoms. The third kappa shape index (κ3) is 0.740. The van der Waals surface area contributed by atoms with Crippen LogP contribution in [0, 0.1) is 5.92 Å². The molecule has 1 saturated carbocycles. The molecule has 1 heterocycles. The maximum absolute atomic E-state index is 5.29. The molecule has 2 atom stereocenters. The van der Waals surface area contributed by atoms with Crippen molar-refractivity contribution in [1.82, 2.24) is 5.32 Å². The Hall–Kier alpha value is -0.0800. The van der Waals surface area contributed by atoms with Gasteiger partial charge in [0.05, 0.1) is 13.2 Å². The molecule has 2 rings (SSSR count). The van der Waals surface area contributed by atoms with Crippen molar-refractivity contribution in [3.05, 3.63) is 0 Å². The largest absolute Gasteiger partial charge is 0.380 e. The molecule has 2 aliphatic rings. The predicted molar refractivity (Wildman–Crippen MR) is 30.7 cm³/mol. The second kappa shape index (κ2) is 1.71. The Bertz CT molecular complexity index is 84.5. The summed E-state index contributed by atoms with van der Waals surface area (Å²) in [6, 6.07) is 0.817. The van der Waals surface area contributed by atoms with Gasteiger partial charge in [-0.1, -0.05) is 0 Å². The molecule has 0 spiro atoms. The number of hydrogen-bond donors (Lipinski definition) is 1. The van der Waals surface area contributed by atoms with E-state index in [2.05, 4.69) is 5.32 Å². The fourth-order valence-corrected chi connectivity index (χ4v) is 1.23. The normalized spacial score (nSPS) is 45.0. The van der Waals surface area contributed by atoms with Gasteiger partial charge >= 0.3 is 0 Å². The SMILES string of the molecule is C1COCC2CC2N1. The minimum Gasteiger partial charge on any atom is -0.380 e. The van der Waals surface area contributed by atoms with Crippen molar-refractivity contribution < 1.29 is 4.74 Å². The van der Waals surface area contributed by atoms with Gasteiger partial charge in [-0.05, 0) is 12.3 Å². The maximum atomic E-state index is 5.29. The number of ether oxygens (including phenoxy) is 1. The Labute approximate surface area is 49.2 Å². The average Bonchev–Trinajstić information content (AvgIpc) is 2.36. The van der Waals surface area contributed by atoms with Gasteiger partial charge in [0.2, 0.25) is 0 Å². The van der Waals surface area contributed by atoms with Crippen molar-refractivity contribution in [2.75, 3.05) is 19.8 Å². The van der Waals surface area contributed by atoms with Crippen LogP contribution in [-0.4, -0.2) is 25.8 Å². The first-order valence-corrected chi connectivity index (χ1v) is 3.28. The summed E-state index contributed by atoms with van der Waals surface area (Å²) in [7, 11) is 0. The van der Waals surface area contributed by atoms with E-state index < -0.39 is 0 Å². The maximum Gasteiger partial charge on any atom is 0.0591 e. The Morgan fingerprint density at radius 3 is 3.50 bits per heavy atom. The minimum absolute atomic E-state index is 0.817. The van der Waals surface area contributed by atoms with Crippen LogP contribution in [0.15, 0.2) is 0 Å². The molecule has 2 unspecified atom stereocenters. The van der Waals surface area contributed by atoms with Crippen molar-refractivity contribution in [3.63, 3.8) is 0 Å². The van der Waals surface area contributed by atoms with Crippen LogP contribution in [0.5, 0.6) is 0 Å². The summed E-state index contributed by atoms with van der Waals surface area (Å²) in [6.45, 7) is 2.96. The second-order valence-electron chi connectivity index (χ2n) is 2.63. The fraction of sp³-hybridized carbons (Fsp3) is 1.00. The van der Waals surface area contributed by atoms with E-state index in [1.165, 1.54) is 6.42 Å². The lowest BCUT2D eigenvalue weighted by atomic mass is 10.4. The first-order chi connectivity index (χ1) is 3.97. The van der Waals surface area contributed by atoms with Gasteiger partial charge in [-0.25, -0.2) is 0 Å². The van der Waals surface area contributed by atoms with E-state index in [9.17, 15) is 0 Å². The Kier molecular flexibility index (Phi) is 1.02. The molecule has 1 N–H and O–H groups in total. The van der Waals surface area contributed by atoms with E-state index in [4.69, 9.17) is 4.74 Å². The molecule has 2 nitrogen and oxygen atoms in total. The predicted octanol–water partition coefficient (Wildman–Crippen LogP) is -0.00530. The third-order valence-electron chi connectivity index (χ3n) is 1.91. The third-order valence-corrected chi connectivity index (χ3v) is 1.91. The van der Waals surface area contributed by atoms with E-state index in [1.807, 2.05) is 0 Å². The first kappa shape index (κ1) is 4.77. The molecule has 0 radical (unpaired) electrons. The summed E-state index contributed by atoms with van der Waals surface area (Å²) in [5.41, 5.74) is 0. The van der Waals surface area contributed by atoms with E-state index in [0.717, 1.165) is 31.7 Å². The molecular weight excluding hydrogens is 102 g/mol. The van der Waals surface area contributed by atoms with Crippen LogP contribution in [-0.2, 0) is 4.74 Å². The van der Waals surface area contributed by atoms with Gasteiger partial charge in [0.25, 0.3) is 0 Å². The monoisotopic (exact) mass is 113 g/mol. The quantitative estimate of drug-likeness (QED) is 0.477. The second-order valence-corrected chi connectivity index (χ2v) is 2.63. The van der Waals surface area contributed by atoms with Gasteiger partial charge in [0.1, 0.15) is 0 Å². The van der Waals surface area contributed by atoms with Crippen LogP contribution in [0.25, 0.3) is 0 Å². The highest BCUT2D eigenvalue weighted by molar-refractivity contribution is 4.93. The van der Waals surface area contributed by atoms with Crippen LogP contribution in [0.2, 0.25) is 0 Å². The molecule has 1 aliphatic carbocycles. The van der Waals surface area contributed by atoms with E-state index >= 15 is 0 Å². The van der Waals surface area contributed by atoms with Gasteiger partial charge in [-0.15, -0.1) is 0 Å². The molecule has 1 saturated heterocycles. The smallest absolute Gasteiger partial charge is 0.0591 e. The Morgan fingerprint density at radius 1 is 1.50 bits per heavy atom. The van der Waals surface area contributed by atoms with E-state index in [-0.39, 0.29) is 0 Å². The first-order valence-electron chi connectivity index (χ1n) is 3.28. The highest BCUT2D eigenvalue weighted by Crippen LogP contribution is 2.31. The van der Waals surface area contributed by atoms with Crippen molar-refractivity contribution in [3.8, 4) is 0 Å². The number of hydrogen-bond acceptors (Lipinski definition) is 2. The lowest BCUT2D eigenvalue weighted by Gasteiger charge is -1.96. The van der Waals surface area contributed by atoms with Gasteiger partial charge in [0.15, 0.2) is 0 Å². The Balaban J connectivity index is 1.89. The zero-order valence-corrected chi connectivity index (χ0v) is 4.89. The van der Waals surface area contributed by atoms with Crippen LogP contribution in [0.4, 0.5) is 0 Å². The van der Waals surface area contributed by atoms with Crippen LogP contribution >= 0.6 is 0 Å². The summed E-state index contributed by atoms with van der Waals surface area (Å²) in [6.07, 6.45) is 1.35. The molecule has 0 aromatic heterocycles. The van der Waals surface area contributed by atoms with Crippen LogP contribution in [0.1, 0.15) is 6.42 Å². The molecule has 0 aromatic rings. The molecule has 1 aliphatic heterocycles. The van der Waals surface area contributed by atoms with Crippen LogP contribution in [0.3, 0.4) is 0 Å². The zero-order chi connectivity index (χ0) is 5.40. The van der Waals surface area contributed by atoms with Crippen molar-refractivity contribution in [1.29, 1.82) is 0 Å². The zero-order valence-electron chi connectivity index (χ0n) is 4.89. The van der Waals surface area contributed by atoms with Crippen molar-refractivity contribution >= 4 is 0 Å². The fourth-order valence-electron chi connectivity index (χ4n) is 1.23. The van der Waals surface area contributed by atoms with Gasteiger partial charge in [-0.3, -0.25) is 0 Å². The summed E-state index contributed by atoms with van der Waals surface area (Å²) < 4.78 is 5.29. The summed E-state index contributed by atoms with van der Waals surface area (Å²) in [5, 5.41) is 3.39.